The molecule has 4 nitrogen and oxygen atoms in total. The number of hydrogen-bond acceptors (Lipinski definition) is 2. The Bertz CT molecular complexity index is 208. The summed E-state index contributed by atoms with van der Waals surface area (Å²) in [6.07, 6.45) is 0.779. The van der Waals surface area contributed by atoms with Crippen molar-refractivity contribution in [2.24, 2.45) is 0 Å². The summed E-state index contributed by atoms with van der Waals surface area (Å²) in [5, 5.41) is 11.1. The van der Waals surface area contributed by atoms with E-state index in [0.29, 0.717) is 23.1 Å². The highest BCUT2D eigenvalue weighted by Crippen LogP contribution is 2.31. The van der Waals surface area contributed by atoms with Gasteiger partial charge in [-0.15, -0.1) is 0 Å². The van der Waals surface area contributed by atoms with E-state index in [0.717, 1.165) is 6.41 Å². The summed E-state index contributed by atoms with van der Waals surface area (Å²) < 4.78 is 0.505. The van der Waals surface area contributed by atoms with Gasteiger partial charge >= 0.3 is 0 Å². The highest BCUT2D eigenvalue weighted by molar-refractivity contribution is 5.45. The number of nitrogens with zero attached hydrogens (tertiary/aromatic N) is 2. The van der Waals surface area contributed by atoms with Crippen LogP contribution >= 0.6 is 0 Å². The van der Waals surface area contributed by atoms with Crippen molar-refractivity contribution in [3.63, 3.8) is 0 Å². The molecule has 0 aromatic carbocycles. The number of quaternary nitrogens is 1. The lowest BCUT2D eigenvalue weighted by molar-refractivity contribution is -1.03. The summed E-state index contributed by atoms with van der Waals surface area (Å²) in [5.74, 6) is 0. The highest BCUT2D eigenvalue weighted by atomic mass is 16.3. The standard InChI is InChI=1S/C9H19N2O2/c1-7(2)11(4)8(3)5-9(13)10(11)6-12/h6-9,13H,5H2,1-4H3/q+1. The van der Waals surface area contributed by atoms with Crippen LogP contribution in [0.5, 0.6) is 0 Å². The maximum absolute atomic E-state index is 10.8. The van der Waals surface area contributed by atoms with Crippen LogP contribution in [-0.2, 0) is 4.79 Å². The van der Waals surface area contributed by atoms with Crippen LogP contribution in [0.4, 0.5) is 0 Å². The zero-order valence-corrected chi connectivity index (χ0v) is 8.77. The number of amides is 1. The predicted molar refractivity (Wildman–Crippen MR) is 49.3 cm³/mol. The Balaban J connectivity index is 2.98. The first-order chi connectivity index (χ1) is 5.94. The van der Waals surface area contributed by atoms with Crippen molar-refractivity contribution in [2.75, 3.05) is 7.05 Å². The zero-order valence-electron chi connectivity index (χ0n) is 8.77. The molecule has 0 radical (unpaired) electrons. The fourth-order valence-corrected chi connectivity index (χ4v) is 2.09. The van der Waals surface area contributed by atoms with Crippen LogP contribution < -0.4 is 0 Å². The second kappa shape index (κ2) is 3.27. The maximum atomic E-state index is 10.8. The van der Waals surface area contributed by atoms with Gasteiger partial charge in [0, 0.05) is 0 Å². The first kappa shape index (κ1) is 10.5. The lowest BCUT2D eigenvalue weighted by atomic mass is 10.2. The van der Waals surface area contributed by atoms with E-state index < -0.39 is 6.23 Å². The van der Waals surface area contributed by atoms with Crippen LogP contribution in [-0.4, -0.2) is 46.5 Å². The predicted octanol–water partition coefficient (Wildman–Crippen LogP) is 0.325. The Hall–Kier alpha value is -0.610. The number of aliphatic hydroxyl groups excluding tert-OH is 1. The minimum absolute atomic E-state index is 0.292. The third kappa shape index (κ3) is 1.34. The van der Waals surface area contributed by atoms with Crippen LogP contribution in [0.3, 0.4) is 0 Å². The molecule has 1 fully saturated rings. The molecule has 3 atom stereocenters. The summed E-state index contributed by atoms with van der Waals surface area (Å²) in [5.41, 5.74) is 0. The fourth-order valence-electron chi connectivity index (χ4n) is 2.09. The van der Waals surface area contributed by atoms with E-state index in [-0.39, 0.29) is 0 Å². The summed E-state index contributed by atoms with van der Waals surface area (Å²) in [6.45, 7) is 6.18. The van der Waals surface area contributed by atoms with Crippen LogP contribution in [0.15, 0.2) is 0 Å². The van der Waals surface area contributed by atoms with Crippen LogP contribution in [0.25, 0.3) is 0 Å². The van der Waals surface area contributed by atoms with E-state index in [2.05, 4.69) is 20.8 Å². The Labute approximate surface area is 79.3 Å². The van der Waals surface area contributed by atoms with Gasteiger partial charge in [0.15, 0.2) is 6.23 Å². The molecular formula is C9H19N2O2+. The van der Waals surface area contributed by atoms with Crippen LogP contribution in [0.1, 0.15) is 27.2 Å². The van der Waals surface area contributed by atoms with Crippen molar-refractivity contribution in [1.82, 2.24) is 5.01 Å². The maximum Gasteiger partial charge on any atom is 0.258 e. The second-order valence-electron chi connectivity index (χ2n) is 4.24. The van der Waals surface area contributed by atoms with Gasteiger partial charge in [-0.3, -0.25) is 4.79 Å². The van der Waals surface area contributed by atoms with Crippen molar-refractivity contribution in [2.45, 2.75) is 45.5 Å². The summed E-state index contributed by atoms with van der Waals surface area (Å²) in [4.78, 5) is 10.8. The molecule has 1 saturated heterocycles. The van der Waals surface area contributed by atoms with E-state index in [9.17, 15) is 9.90 Å². The number of carbonyl (C=O) groups excluding carboxylic acids is 1. The van der Waals surface area contributed by atoms with Crippen molar-refractivity contribution in [3.05, 3.63) is 0 Å². The summed E-state index contributed by atoms with van der Waals surface area (Å²) >= 11 is 0. The average Bonchev–Trinajstić information content (AvgIpc) is 2.24. The fraction of sp³-hybridized carbons (Fsp3) is 0.889. The summed E-state index contributed by atoms with van der Waals surface area (Å²) in [7, 11) is 1.99. The van der Waals surface area contributed by atoms with E-state index in [4.69, 9.17) is 0 Å². The number of aliphatic hydroxyl groups is 1. The van der Waals surface area contributed by atoms with Crippen molar-refractivity contribution < 1.29 is 14.5 Å². The van der Waals surface area contributed by atoms with Crippen LogP contribution in [0.2, 0.25) is 0 Å². The van der Waals surface area contributed by atoms with E-state index in [1.54, 1.807) is 0 Å². The molecule has 3 unspecified atom stereocenters. The topological polar surface area (TPSA) is 40.5 Å². The zero-order chi connectivity index (χ0) is 10.2. The molecule has 0 saturated carbocycles. The van der Waals surface area contributed by atoms with Gasteiger partial charge in [-0.2, -0.15) is 5.01 Å². The lowest BCUT2D eigenvalue weighted by Crippen LogP contribution is -2.61. The van der Waals surface area contributed by atoms with E-state index in [1.807, 2.05) is 7.05 Å². The molecule has 1 aliphatic rings. The Morgan fingerprint density at radius 1 is 1.62 bits per heavy atom. The molecule has 0 aliphatic carbocycles. The third-order valence-corrected chi connectivity index (χ3v) is 3.40. The molecule has 76 valence electrons. The molecule has 0 spiro atoms. The SMILES string of the molecule is CC(C)[N+]1(C)C(C)CC(O)N1C=O. The highest BCUT2D eigenvalue weighted by Gasteiger charge is 2.49. The van der Waals surface area contributed by atoms with E-state index in [1.165, 1.54) is 5.01 Å². The van der Waals surface area contributed by atoms with Crippen LogP contribution in [0, 0.1) is 0 Å². The summed E-state index contributed by atoms with van der Waals surface area (Å²) in [6, 6.07) is 0.595. The Morgan fingerprint density at radius 2 is 2.15 bits per heavy atom. The molecule has 13 heavy (non-hydrogen) atoms. The minimum atomic E-state index is -0.625. The molecule has 0 bridgehead atoms. The molecule has 1 amide bonds. The van der Waals surface area contributed by atoms with E-state index >= 15 is 0 Å². The lowest BCUT2D eigenvalue weighted by Gasteiger charge is -2.42. The third-order valence-electron chi connectivity index (χ3n) is 3.40. The second-order valence-corrected chi connectivity index (χ2v) is 4.24. The molecule has 1 heterocycles. The molecular weight excluding hydrogens is 168 g/mol. The quantitative estimate of drug-likeness (QED) is 0.500. The Kier molecular flexibility index (Phi) is 2.63. The smallest absolute Gasteiger partial charge is 0.258 e. The molecule has 1 N–H and O–H groups in total. The monoisotopic (exact) mass is 187 g/mol. The largest absolute Gasteiger partial charge is 0.369 e. The van der Waals surface area contributed by atoms with Crippen molar-refractivity contribution >= 4 is 6.41 Å². The van der Waals surface area contributed by atoms with Gasteiger partial charge < -0.3 is 5.11 Å². The number of hydrogen-bond donors (Lipinski definition) is 1. The van der Waals surface area contributed by atoms with Crippen molar-refractivity contribution in [1.29, 1.82) is 0 Å². The average molecular weight is 187 g/mol. The molecule has 0 aromatic heterocycles. The number of rotatable bonds is 2. The first-order valence-corrected chi connectivity index (χ1v) is 4.72. The van der Waals surface area contributed by atoms with Gasteiger partial charge in [0.25, 0.3) is 6.41 Å². The normalized spacial score (nSPS) is 40.0. The minimum Gasteiger partial charge on any atom is -0.369 e. The van der Waals surface area contributed by atoms with Gasteiger partial charge in [-0.1, -0.05) is 0 Å². The van der Waals surface area contributed by atoms with Crippen molar-refractivity contribution in [3.8, 4) is 0 Å². The molecule has 0 aromatic rings. The molecule has 4 heteroatoms. The molecule has 1 rings (SSSR count). The van der Waals surface area contributed by atoms with Gasteiger partial charge in [-0.25, -0.2) is 4.59 Å². The number of carbonyl (C=O) groups is 1. The van der Waals surface area contributed by atoms with Gasteiger partial charge in [0.1, 0.15) is 12.1 Å². The van der Waals surface area contributed by atoms with Gasteiger partial charge in [0.2, 0.25) is 0 Å². The first-order valence-electron chi connectivity index (χ1n) is 4.72. The Morgan fingerprint density at radius 3 is 2.46 bits per heavy atom. The van der Waals surface area contributed by atoms with Gasteiger partial charge in [-0.05, 0) is 20.8 Å². The molecule has 1 aliphatic heterocycles. The van der Waals surface area contributed by atoms with Gasteiger partial charge in [0.05, 0.1) is 13.5 Å².